The van der Waals surface area contributed by atoms with Gasteiger partial charge in [-0.05, 0) is 18.2 Å². The first-order valence-electron chi connectivity index (χ1n) is 4.55. The van der Waals surface area contributed by atoms with Crippen molar-refractivity contribution in [2.45, 2.75) is 0 Å². The molecule has 0 fully saturated rings. The maximum atomic E-state index is 5.58. The van der Waals surface area contributed by atoms with E-state index in [9.17, 15) is 0 Å². The first-order chi connectivity index (χ1) is 7.61. The standard InChI is InChI=1S/C10H11BrN4O/c1-16-9-3-2-6(11)4-7(9)8-5-15(13)10(12)14-8/h2-5H,13H2,1H3,(H2,12,14). The second-order valence-corrected chi connectivity index (χ2v) is 4.15. The van der Waals surface area contributed by atoms with Crippen LogP contribution in [0.2, 0.25) is 0 Å². The highest BCUT2D eigenvalue weighted by atomic mass is 79.9. The lowest BCUT2D eigenvalue weighted by molar-refractivity contribution is 0.416. The molecule has 16 heavy (non-hydrogen) atoms. The van der Waals surface area contributed by atoms with Gasteiger partial charge in [0.2, 0.25) is 5.95 Å². The summed E-state index contributed by atoms with van der Waals surface area (Å²) in [6, 6.07) is 5.65. The number of nitrogens with zero attached hydrogens (tertiary/aromatic N) is 2. The summed E-state index contributed by atoms with van der Waals surface area (Å²) in [6.07, 6.45) is 1.65. The number of nitrogen functional groups attached to an aromatic ring is 2. The van der Waals surface area contributed by atoms with Gasteiger partial charge in [0.1, 0.15) is 5.75 Å². The van der Waals surface area contributed by atoms with Crippen molar-refractivity contribution in [2.24, 2.45) is 0 Å². The van der Waals surface area contributed by atoms with Gasteiger partial charge in [0.25, 0.3) is 0 Å². The summed E-state index contributed by atoms with van der Waals surface area (Å²) in [6.45, 7) is 0. The lowest BCUT2D eigenvalue weighted by atomic mass is 10.1. The van der Waals surface area contributed by atoms with Gasteiger partial charge in [-0.25, -0.2) is 9.66 Å². The van der Waals surface area contributed by atoms with Crippen LogP contribution in [-0.2, 0) is 0 Å². The van der Waals surface area contributed by atoms with Gasteiger partial charge in [0, 0.05) is 10.0 Å². The fourth-order valence-electron chi connectivity index (χ4n) is 1.42. The summed E-state index contributed by atoms with van der Waals surface area (Å²) in [5, 5.41) is 0. The first-order valence-corrected chi connectivity index (χ1v) is 5.35. The molecule has 0 aliphatic heterocycles. The predicted molar refractivity (Wildman–Crippen MR) is 66.5 cm³/mol. The Morgan fingerprint density at radius 2 is 2.19 bits per heavy atom. The molecular formula is C10H11BrN4O. The summed E-state index contributed by atoms with van der Waals surface area (Å²) in [7, 11) is 1.61. The summed E-state index contributed by atoms with van der Waals surface area (Å²) >= 11 is 3.40. The Balaban J connectivity index is 2.57. The van der Waals surface area contributed by atoms with Gasteiger partial charge in [-0.15, -0.1) is 0 Å². The van der Waals surface area contributed by atoms with Crippen LogP contribution in [0, 0.1) is 0 Å². The minimum Gasteiger partial charge on any atom is -0.496 e. The van der Waals surface area contributed by atoms with Gasteiger partial charge in [0.05, 0.1) is 19.0 Å². The number of imidazole rings is 1. The largest absolute Gasteiger partial charge is 0.496 e. The van der Waals surface area contributed by atoms with Crippen LogP contribution in [0.25, 0.3) is 11.3 Å². The molecule has 0 radical (unpaired) electrons. The van der Waals surface area contributed by atoms with Crippen molar-refractivity contribution in [1.82, 2.24) is 9.66 Å². The zero-order valence-electron chi connectivity index (χ0n) is 8.64. The monoisotopic (exact) mass is 282 g/mol. The zero-order chi connectivity index (χ0) is 11.7. The second kappa shape index (κ2) is 4.05. The van der Waals surface area contributed by atoms with Crippen molar-refractivity contribution in [3.05, 3.63) is 28.9 Å². The molecule has 0 spiro atoms. The fraction of sp³-hybridized carbons (Fsp3) is 0.100. The minimum atomic E-state index is 0.261. The van der Waals surface area contributed by atoms with Gasteiger partial charge in [-0.3, -0.25) is 0 Å². The van der Waals surface area contributed by atoms with E-state index in [0.29, 0.717) is 5.69 Å². The molecule has 0 aliphatic carbocycles. The predicted octanol–water partition coefficient (Wildman–Crippen LogP) is 1.62. The van der Waals surface area contributed by atoms with Crippen molar-refractivity contribution in [2.75, 3.05) is 18.7 Å². The molecular weight excluding hydrogens is 272 g/mol. The van der Waals surface area contributed by atoms with Crippen LogP contribution in [-0.4, -0.2) is 16.8 Å². The highest BCUT2D eigenvalue weighted by Crippen LogP contribution is 2.31. The summed E-state index contributed by atoms with van der Waals surface area (Å²) in [5.41, 5.74) is 7.10. The molecule has 0 amide bonds. The maximum Gasteiger partial charge on any atom is 0.219 e. The number of nitrogens with two attached hydrogens (primary N) is 2. The average molecular weight is 283 g/mol. The van der Waals surface area contributed by atoms with Crippen LogP contribution in [0.3, 0.4) is 0 Å². The number of hydrogen-bond donors (Lipinski definition) is 2. The Morgan fingerprint density at radius 3 is 2.75 bits per heavy atom. The van der Waals surface area contributed by atoms with Crippen LogP contribution in [0.15, 0.2) is 28.9 Å². The van der Waals surface area contributed by atoms with Crippen molar-refractivity contribution in [1.29, 1.82) is 0 Å². The molecule has 5 nitrogen and oxygen atoms in total. The van der Waals surface area contributed by atoms with Crippen molar-refractivity contribution >= 4 is 21.9 Å². The van der Waals surface area contributed by atoms with Gasteiger partial charge in [-0.1, -0.05) is 15.9 Å². The van der Waals surface area contributed by atoms with Gasteiger partial charge >= 0.3 is 0 Å². The third kappa shape index (κ3) is 1.83. The number of methoxy groups -OCH3 is 1. The lowest BCUT2D eigenvalue weighted by Gasteiger charge is -2.06. The third-order valence-electron chi connectivity index (χ3n) is 2.20. The van der Waals surface area contributed by atoms with E-state index in [0.717, 1.165) is 15.8 Å². The molecule has 2 rings (SSSR count). The molecule has 0 saturated heterocycles. The van der Waals surface area contributed by atoms with Crippen LogP contribution in [0.4, 0.5) is 5.95 Å². The van der Waals surface area contributed by atoms with Crippen molar-refractivity contribution in [3.63, 3.8) is 0 Å². The molecule has 84 valence electrons. The normalized spacial score (nSPS) is 10.4. The molecule has 2 aromatic rings. The first kappa shape index (κ1) is 10.8. The van der Waals surface area contributed by atoms with Crippen molar-refractivity contribution in [3.8, 4) is 17.0 Å². The number of anilines is 1. The van der Waals surface area contributed by atoms with E-state index < -0.39 is 0 Å². The molecule has 1 heterocycles. The van der Waals surface area contributed by atoms with Gasteiger partial charge < -0.3 is 16.3 Å². The Hall–Kier alpha value is -1.69. The number of halogens is 1. The lowest BCUT2D eigenvalue weighted by Crippen LogP contribution is -2.09. The Bertz CT molecular complexity index is 504. The quantitative estimate of drug-likeness (QED) is 0.821. The topological polar surface area (TPSA) is 79.1 Å². The Morgan fingerprint density at radius 1 is 1.44 bits per heavy atom. The molecule has 0 unspecified atom stereocenters. The summed E-state index contributed by atoms with van der Waals surface area (Å²) < 4.78 is 7.46. The molecule has 1 aromatic carbocycles. The number of benzene rings is 1. The molecule has 0 saturated carbocycles. The van der Waals surface area contributed by atoms with Crippen LogP contribution < -0.4 is 16.3 Å². The highest BCUT2D eigenvalue weighted by molar-refractivity contribution is 9.10. The van der Waals surface area contributed by atoms with E-state index in [2.05, 4.69) is 20.9 Å². The summed E-state index contributed by atoms with van der Waals surface area (Å²) in [5.74, 6) is 6.57. The minimum absolute atomic E-state index is 0.261. The van der Waals surface area contributed by atoms with E-state index in [1.807, 2.05) is 18.2 Å². The molecule has 0 aliphatic rings. The Kier molecular flexibility index (Phi) is 2.74. The number of aromatic nitrogens is 2. The number of rotatable bonds is 2. The van der Waals surface area contributed by atoms with E-state index in [-0.39, 0.29) is 5.95 Å². The number of ether oxygens (including phenoxy) is 1. The van der Waals surface area contributed by atoms with Gasteiger partial charge in [0.15, 0.2) is 0 Å². The van der Waals surface area contributed by atoms with E-state index >= 15 is 0 Å². The number of hydrogen-bond acceptors (Lipinski definition) is 4. The zero-order valence-corrected chi connectivity index (χ0v) is 10.2. The maximum absolute atomic E-state index is 5.58. The van der Waals surface area contributed by atoms with E-state index in [1.54, 1.807) is 13.3 Å². The molecule has 6 heteroatoms. The molecule has 1 aromatic heterocycles. The van der Waals surface area contributed by atoms with Crippen molar-refractivity contribution < 1.29 is 4.74 Å². The molecule has 4 N–H and O–H groups in total. The smallest absolute Gasteiger partial charge is 0.219 e. The summed E-state index contributed by atoms with van der Waals surface area (Å²) in [4.78, 5) is 4.15. The highest BCUT2D eigenvalue weighted by Gasteiger charge is 2.11. The second-order valence-electron chi connectivity index (χ2n) is 3.24. The van der Waals surface area contributed by atoms with Crippen LogP contribution in [0.1, 0.15) is 0 Å². The van der Waals surface area contributed by atoms with E-state index in [1.165, 1.54) is 4.68 Å². The Labute approximate surface area is 101 Å². The van der Waals surface area contributed by atoms with Gasteiger partial charge in [-0.2, -0.15) is 0 Å². The molecule has 0 bridgehead atoms. The third-order valence-corrected chi connectivity index (χ3v) is 2.69. The van der Waals surface area contributed by atoms with Crippen LogP contribution in [0.5, 0.6) is 5.75 Å². The average Bonchev–Trinajstić information content (AvgIpc) is 2.59. The van der Waals surface area contributed by atoms with Crippen LogP contribution >= 0.6 is 15.9 Å². The molecule has 0 atom stereocenters. The fourth-order valence-corrected chi connectivity index (χ4v) is 1.78. The SMILES string of the molecule is COc1ccc(Br)cc1-c1cn(N)c(N)n1. The van der Waals surface area contributed by atoms with E-state index in [4.69, 9.17) is 16.3 Å².